The van der Waals surface area contributed by atoms with Gasteiger partial charge in [-0.15, -0.1) is 0 Å². The third kappa shape index (κ3) is 2.31. The average Bonchev–Trinajstić information content (AvgIpc) is 3.01. The monoisotopic (exact) mass is 246 g/mol. The molecule has 0 amide bonds. The Bertz CT molecular complexity index is 533. The molecule has 2 heterocycles. The first-order valence-electron chi connectivity index (χ1n) is 5.88. The number of anilines is 1. The Hall–Kier alpha value is -2.01. The van der Waals surface area contributed by atoms with Crippen molar-refractivity contribution in [2.45, 2.75) is 12.5 Å². The molecule has 2 N–H and O–H groups in total. The van der Waals surface area contributed by atoms with Gasteiger partial charge in [-0.3, -0.25) is 0 Å². The largest absolute Gasteiger partial charge is 0.488 e. The van der Waals surface area contributed by atoms with Crippen molar-refractivity contribution >= 4 is 5.82 Å². The summed E-state index contributed by atoms with van der Waals surface area (Å²) in [5.41, 5.74) is 6.43. The van der Waals surface area contributed by atoms with Gasteiger partial charge in [0.1, 0.15) is 11.9 Å². The molecule has 5 heteroatoms. The van der Waals surface area contributed by atoms with Crippen LogP contribution < -0.4 is 10.5 Å². The number of benzene rings is 1. The fraction of sp³-hybridized carbons (Fsp3) is 0.308. The molecule has 94 valence electrons. The highest BCUT2D eigenvalue weighted by atomic mass is 16.5. The van der Waals surface area contributed by atoms with Crippen molar-refractivity contribution in [2.24, 2.45) is 0 Å². The SMILES string of the molecule is Nc1cc(-c2cccc(OC3CCOC3)c2)on1. The van der Waals surface area contributed by atoms with Crippen LogP contribution in [0.1, 0.15) is 6.42 Å². The minimum atomic E-state index is 0.139. The van der Waals surface area contributed by atoms with Crippen molar-refractivity contribution in [3.63, 3.8) is 0 Å². The van der Waals surface area contributed by atoms with Gasteiger partial charge in [0, 0.05) is 18.1 Å². The highest BCUT2D eigenvalue weighted by molar-refractivity contribution is 5.61. The summed E-state index contributed by atoms with van der Waals surface area (Å²) in [6.07, 6.45) is 1.07. The summed E-state index contributed by atoms with van der Waals surface area (Å²) in [5.74, 6) is 1.82. The van der Waals surface area contributed by atoms with E-state index in [0.717, 1.165) is 24.3 Å². The number of nitrogen functional groups attached to an aromatic ring is 1. The minimum absolute atomic E-state index is 0.139. The lowest BCUT2D eigenvalue weighted by atomic mass is 10.1. The van der Waals surface area contributed by atoms with Crippen LogP contribution in [0.3, 0.4) is 0 Å². The summed E-state index contributed by atoms with van der Waals surface area (Å²) >= 11 is 0. The quantitative estimate of drug-likeness (QED) is 0.897. The van der Waals surface area contributed by atoms with Crippen LogP contribution in [-0.4, -0.2) is 24.5 Å². The maximum Gasteiger partial charge on any atom is 0.169 e. The molecule has 1 aliphatic rings. The van der Waals surface area contributed by atoms with Crippen LogP contribution in [0.2, 0.25) is 0 Å². The van der Waals surface area contributed by atoms with Crippen molar-refractivity contribution in [1.29, 1.82) is 0 Å². The Morgan fingerprint density at radius 1 is 1.33 bits per heavy atom. The van der Waals surface area contributed by atoms with Gasteiger partial charge in [0.25, 0.3) is 0 Å². The number of hydrogen-bond acceptors (Lipinski definition) is 5. The van der Waals surface area contributed by atoms with E-state index in [2.05, 4.69) is 5.16 Å². The van der Waals surface area contributed by atoms with Crippen LogP contribution in [0.25, 0.3) is 11.3 Å². The predicted octanol–water partition coefficient (Wildman–Crippen LogP) is 2.09. The lowest BCUT2D eigenvalue weighted by Gasteiger charge is -2.12. The first kappa shape index (κ1) is 11.1. The molecule has 1 aliphatic heterocycles. The zero-order chi connectivity index (χ0) is 12.4. The van der Waals surface area contributed by atoms with E-state index in [1.54, 1.807) is 6.07 Å². The zero-order valence-corrected chi connectivity index (χ0v) is 9.83. The number of hydrogen-bond donors (Lipinski definition) is 1. The minimum Gasteiger partial charge on any atom is -0.488 e. The molecule has 1 saturated heterocycles. The highest BCUT2D eigenvalue weighted by Crippen LogP contribution is 2.26. The summed E-state index contributed by atoms with van der Waals surface area (Å²) in [5, 5.41) is 3.67. The van der Waals surface area contributed by atoms with Gasteiger partial charge in [0.2, 0.25) is 0 Å². The molecule has 1 atom stereocenters. The first-order chi connectivity index (χ1) is 8.81. The van der Waals surface area contributed by atoms with Crippen LogP contribution in [0.4, 0.5) is 5.82 Å². The van der Waals surface area contributed by atoms with Crippen LogP contribution in [0, 0.1) is 0 Å². The van der Waals surface area contributed by atoms with Crippen molar-refractivity contribution in [3.05, 3.63) is 30.3 Å². The molecule has 1 unspecified atom stereocenters. The van der Waals surface area contributed by atoms with Crippen LogP contribution in [-0.2, 0) is 4.74 Å². The van der Waals surface area contributed by atoms with Crippen LogP contribution in [0.5, 0.6) is 5.75 Å². The van der Waals surface area contributed by atoms with Crippen molar-refractivity contribution in [2.75, 3.05) is 18.9 Å². The molecule has 0 saturated carbocycles. The third-order valence-electron chi connectivity index (χ3n) is 2.84. The molecule has 1 aromatic heterocycles. The van der Waals surface area contributed by atoms with E-state index in [1.807, 2.05) is 24.3 Å². The van der Waals surface area contributed by atoms with Gasteiger partial charge in [-0.05, 0) is 12.1 Å². The smallest absolute Gasteiger partial charge is 0.169 e. The molecular weight excluding hydrogens is 232 g/mol. The van der Waals surface area contributed by atoms with Gasteiger partial charge in [-0.2, -0.15) is 0 Å². The molecule has 0 radical (unpaired) electrons. The van der Waals surface area contributed by atoms with E-state index < -0.39 is 0 Å². The normalized spacial score (nSPS) is 19.0. The third-order valence-corrected chi connectivity index (χ3v) is 2.84. The van der Waals surface area contributed by atoms with Gasteiger partial charge in [-0.25, -0.2) is 0 Å². The van der Waals surface area contributed by atoms with E-state index >= 15 is 0 Å². The number of aromatic nitrogens is 1. The van der Waals surface area contributed by atoms with Crippen molar-refractivity contribution < 1.29 is 14.0 Å². The van der Waals surface area contributed by atoms with Crippen LogP contribution in [0.15, 0.2) is 34.9 Å². The van der Waals surface area contributed by atoms with Crippen molar-refractivity contribution in [3.8, 4) is 17.1 Å². The molecule has 18 heavy (non-hydrogen) atoms. The fourth-order valence-corrected chi connectivity index (χ4v) is 1.95. The maximum absolute atomic E-state index is 5.83. The fourth-order valence-electron chi connectivity index (χ4n) is 1.95. The first-order valence-corrected chi connectivity index (χ1v) is 5.88. The Morgan fingerprint density at radius 2 is 2.28 bits per heavy atom. The topological polar surface area (TPSA) is 70.5 Å². The van der Waals surface area contributed by atoms with Gasteiger partial charge >= 0.3 is 0 Å². The number of nitrogens with zero attached hydrogens (tertiary/aromatic N) is 1. The van der Waals surface area contributed by atoms with Gasteiger partial charge in [0.15, 0.2) is 11.6 Å². The van der Waals surface area contributed by atoms with E-state index in [0.29, 0.717) is 18.2 Å². The second-order valence-electron chi connectivity index (χ2n) is 4.25. The average molecular weight is 246 g/mol. The van der Waals surface area contributed by atoms with Crippen LogP contribution >= 0.6 is 0 Å². The lowest BCUT2D eigenvalue weighted by molar-refractivity contribution is 0.141. The van der Waals surface area contributed by atoms with E-state index in [4.69, 9.17) is 19.7 Å². The molecule has 2 aromatic rings. The summed E-state index contributed by atoms with van der Waals surface area (Å²) in [6, 6.07) is 9.37. The van der Waals surface area contributed by atoms with Gasteiger partial charge in [-0.1, -0.05) is 17.3 Å². The van der Waals surface area contributed by atoms with Crippen molar-refractivity contribution in [1.82, 2.24) is 5.16 Å². The zero-order valence-electron chi connectivity index (χ0n) is 9.83. The second kappa shape index (κ2) is 4.70. The Morgan fingerprint density at radius 3 is 3.00 bits per heavy atom. The van der Waals surface area contributed by atoms with Gasteiger partial charge < -0.3 is 19.7 Å². The highest BCUT2D eigenvalue weighted by Gasteiger charge is 2.17. The molecule has 0 spiro atoms. The maximum atomic E-state index is 5.83. The van der Waals surface area contributed by atoms with Gasteiger partial charge in [0.05, 0.1) is 13.2 Å². The van der Waals surface area contributed by atoms with E-state index in [-0.39, 0.29) is 6.10 Å². The summed E-state index contributed by atoms with van der Waals surface area (Å²) in [6.45, 7) is 1.42. The molecule has 5 nitrogen and oxygen atoms in total. The summed E-state index contributed by atoms with van der Waals surface area (Å²) < 4.78 is 16.2. The second-order valence-corrected chi connectivity index (χ2v) is 4.25. The Balaban J connectivity index is 1.80. The number of ether oxygens (including phenoxy) is 2. The molecule has 1 aromatic carbocycles. The molecular formula is C13H14N2O3. The molecule has 1 fully saturated rings. The van der Waals surface area contributed by atoms with E-state index in [1.165, 1.54) is 0 Å². The van der Waals surface area contributed by atoms with E-state index in [9.17, 15) is 0 Å². The Labute approximate surface area is 104 Å². The number of nitrogens with two attached hydrogens (primary N) is 1. The molecule has 0 bridgehead atoms. The summed E-state index contributed by atoms with van der Waals surface area (Å²) in [7, 11) is 0. The summed E-state index contributed by atoms with van der Waals surface area (Å²) in [4.78, 5) is 0. The predicted molar refractivity (Wildman–Crippen MR) is 66.2 cm³/mol. The standard InChI is InChI=1S/C13H14N2O3/c14-13-7-12(18-15-13)9-2-1-3-10(6-9)17-11-4-5-16-8-11/h1-3,6-7,11H,4-5,8H2,(H2,14,15). The molecule has 0 aliphatic carbocycles. The lowest BCUT2D eigenvalue weighted by Crippen LogP contribution is -2.15. The Kier molecular flexibility index (Phi) is 2.90. The molecule has 3 rings (SSSR count). The number of rotatable bonds is 3.